The number of thiophene rings is 1. The molecule has 0 N–H and O–H groups in total. The number of amides is 1. The number of aryl methyl sites for hydroxylation is 1. The number of hydrogen-bond donors (Lipinski definition) is 0. The number of nitrogens with zero attached hydrogens (tertiary/aromatic N) is 1. The zero-order chi connectivity index (χ0) is 13.0. The van der Waals surface area contributed by atoms with Crippen LogP contribution >= 0.6 is 43.2 Å². The van der Waals surface area contributed by atoms with Crippen LogP contribution in [0.25, 0.3) is 0 Å². The van der Waals surface area contributed by atoms with Gasteiger partial charge in [0.2, 0.25) is 0 Å². The number of alkyl halides is 1. The topological polar surface area (TPSA) is 29.5 Å². The molecule has 17 heavy (non-hydrogen) atoms. The molecule has 0 aliphatic carbocycles. The van der Waals surface area contributed by atoms with Crippen LogP contribution in [0.4, 0.5) is 0 Å². The first-order valence-corrected chi connectivity index (χ1v) is 7.62. The molecule has 0 radical (unpaired) electrons. The van der Waals surface area contributed by atoms with E-state index >= 15 is 0 Å². The Morgan fingerprint density at radius 1 is 1.65 bits per heavy atom. The summed E-state index contributed by atoms with van der Waals surface area (Å²) in [4.78, 5) is 14.7. The van der Waals surface area contributed by atoms with Gasteiger partial charge in [-0.3, -0.25) is 4.79 Å². The molecule has 0 saturated carbocycles. The zero-order valence-corrected chi connectivity index (χ0v) is 14.0. The van der Waals surface area contributed by atoms with E-state index in [9.17, 15) is 4.79 Å². The lowest BCUT2D eigenvalue weighted by atomic mass is 10.3. The highest BCUT2D eigenvalue weighted by Gasteiger charge is 2.17. The molecular weight excluding hydrogens is 370 g/mol. The summed E-state index contributed by atoms with van der Waals surface area (Å²) in [6.07, 6.45) is 0. The zero-order valence-electron chi connectivity index (χ0n) is 10.00. The highest BCUT2D eigenvalue weighted by molar-refractivity contribution is 9.11. The van der Waals surface area contributed by atoms with Gasteiger partial charge >= 0.3 is 0 Å². The van der Waals surface area contributed by atoms with Gasteiger partial charge in [0.15, 0.2) is 0 Å². The van der Waals surface area contributed by atoms with Crippen molar-refractivity contribution in [2.24, 2.45) is 0 Å². The van der Waals surface area contributed by atoms with Crippen LogP contribution in [0.1, 0.15) is 15.2 Å². The number of carbonyl (C=O) groups is 1. The van der Waals surface area contributed by atoms with Gasteiger partial charge in [-0.1, -0.05) is 15.9 Å². The van der Waals surface area contributed by atoms with Crippen LogP contribution in [0.15, 0.2) is 9.85 Å². The molecule has 0 aliphatic rings. The largest absolute Gasteiger partial charge is 0.383 e. The molecule has 0 fully saturated rings. The van der Waals surface area contributed by atoms with Crippen molar-refractivity contribution >= 4 is 49.1 Å². The van der Waals surface area contributed by atoms with Crippen LogP contribution in [0.5, 0.6) is 0 Å². The van der Waals surface area contributed by atoms with Gasteiger partial charge in [-0.2, -0.15) is 0 Å². The molecule has 0 aromatic carbocycles. The predicted octanol–water partition coefficient (Wildman–Crippen LogP) is 3.30. The first-order valence-electron chi connectivity index (χ1n) is 5.10. The first-order chi connectivity index (χ1) is 7.95. The van der Waals surface area contributed by atoms with Crippen molar-refractivity contribution in [2.45, 2.75) is 11.8 Å². The third-order valence-electron chi connectivity index (χ3n) is 2.23. The highest BCUT2D eigenvalue weighted by Crippen LogP contribution is 2.28. The van der Waals surface area contributed by atoms with Gasteiger partial charge in [0.1, 0.15) is 0 Å². The first kappa shape index (κ1) is 15.1. The second kappa shape index (κ2) is 6.87. The minimum atomic E-state index is 0.0457. The van der Waals surface area contributed by atoms with Crippen molar-refractivity contribution in [1.82, 2.24) is 4.90 Å². The van der Waals surface area contributed by atoms with E-state index in [1.807, 2.05) is 13.0 Å². The van der Waals surface area contributed by atoms with Crippen molar-refractivity contribution in [3.05, 3.63) is 20.3 Å². The van der Waals surface area contributed by atoms with E-state index in [2.05, 4.69) is 31.9 Å². The molecule has 1 unspecified atom stereocenters. The Bertz CT molecular complexity index is 375. The van der Waals surface area contributed by atoms with E-state index in [0.29, 0.717) is 13.2 Å². The fourth-order valence-electron chi connectivity index (χ4n) is 1.37. The lowest BCUT2D eigenvalue weighted by Gasteiger charge is -2.19. The lowest BCUT2D eigenvalue weighted by molar-refractivity contribution is 0.0789. The van der Waals surface area contributed by atoms with E-state index in [1.54, 1.807) is 19.1 Å². The molecule has 0 spiro atoms. The Morgan fingerprint density at radius 2 is 2.29 bits per heavy atom. The highest BCUT2D eigenvalue weighted by atomic mass is 79.9. The molecule has 1 atom stereocenters. The number of carbonyl (C=O) groups excluding carboxylic acids is 1. The van der Waals surface area contributed by atoms with E-state index in [4.69, 9.17) is 4.74 Å². The second-order valence-electron chi connectivity index (χ2n) is 3.81. The Hall–Kier alpha value is 0.0900. The van der Waals surface area contributed by atoms with E-state index in [-0.39, 0.29) is 10.7 Å². The molecule has 6 heteroatoms. The van der Waals surface area contributed by atoms with Gasteiger partial charge in [-0.25, -0.2) is 0 Å². The third kappa shape index (κ3) is 4.35. The Morgan fingerprint density at radius 3 is 2.76 bits per heavy atom. The molecule has 1 heterocycles. The van der Waals surface area contributed by atoms with Crippen molar-refractivity contribution in [2.75, 3.05) is 27.3 Å². The summed E-state index contributed by atoms with van der Waals surface area (Å²) in [5.74, 6) is 0.0457. The van der Waals surface area contributed by atoms with Crippen molar-refractivity contribution < 1.29 is 9.53 Å². The summed E-state index contributed by atoms with van der Waals surface area (Å²) in [7, 11) is 3.45. The fourth-order valence-corrected chi connectivity index (χ4v) is 3.60. The minimum absolute atomic E-state index is 0.0457. The smallest absolute Gasteiger partial charge is 0.263 e. The van der Waals surface area contributed by atoms with Crippen LogP contribution in [0, 0.1) is 6.92 Å². The van der Waals surface area contributed by atoms with Crippen LogP contribution in [-0.2, 0) is 4.74 Å². The maximum Gasteiger partial charge on any atom is 0.263 e. The lowest BCUT2D eigenvalue weighted by Crippen LogP contribution is -2.33. The predicted molar refractivity (Wildman–Crippen MR) is 78.3 cm³/mol. The number of methoxy groups -OCH3 is 1. The Labute approximate surface area is 122 Å². The van der Waals surface area contributed by atoms with Crippen molar-refractivity contribution in [3.8, 4) is 0 Å². The van der Waals surface area contributed by atoms with Crippen LogP contribution in [0.3, 0.4) is 0 Å². The monoisotopic (exact) mass is 383 g/mol. The molecule has 1 aromatic rings. The second-order valence-corrected chi connectivity index (χ2v) is 7.47. The molecule has 0 saturated heterocycles. The molecule has 0 bridgehead atoms. The van der Waals surface area contributed by atoms with Gasteiger partial charge in [0.05, 0.1) is 20.1 Å². The van der Waals surface area contributed by atoms with Crippen molar-refractivity contribution in [3.63, 3.8) is 0 Å². The number of ether oxygens (including phenoxy) is 1. The average molecular weight is 385 g/mol. The third-order valence-corrected chi connectivity index (χ3v) is 4.91. The maximum absolute atomic E-state index is 12.1. The Kier molecular flexibility index (Phi) is 6.12. The van der Waals surface area contributed by atoms with E-state index in [0.717, 1.165) is 14.2 Å². The number of hydrogen-bond acceptors (Lipinski definition) is 3. The minimum Gasteiger partial charge on any atom is -0.383 e. The summed E-state index contributed by atoms with van der Waals surface area (Å²) in [6, 6.07) is 1.91. The number of halogens is 2. The molecule has 1 rings (SSSR count). The SMILES string of the molecule is COCC(Br)CN(C)C(=O)c1cc(C)c(Br)s1. The van der Waals surface area contributed by atoms with Gasteiger partial charge in [-0.05, 0) is 34.5 Å². The quantitative estimate of drug-likeness (QED) is 0.729. The summed E-state index contributed by atoms with van der Waals surface area (Å²) in [6.45, 7) is 3.20. The van der Waals surface area contributed by atoms with Crippen molar-refractivity contribution in [1.29, 1.82) is 0 Å². The van der Waals surface area contributed by atoms with Crippen LogP contribution < -0.4 is 0 Å². The molecular formula is C11H15Br2NO2S. The van der Waals surface area contributed by atoms with Gasteiger partial charge in [-0.15, -0.1) is 11.3 Å². The van der Waals surface area contributed by atoms with Crippen LogP contribution in [-0.4, -0.2) is 42.9 Å². The summed E-state index contributed by atoms with van der Waals surface area (Å²) < 4.78 is 6.04. The van der Waals surface area contributed by atoms with E-state index < -0.39 is 0 Å². The fraction of sp³-hybridized carbons (Fsp3) is 0.545. The molecule has 1 amide bonds. The van der Waals surface area contributed by atoms with Gasteiger partial charge in [0, 0.05) is 20.7 Å². The summed E-state index contributed by atoms with van der Waals surface area (Å²) in [5, 5.41) is 0. The standard InChI is InChI=1S/C11H15Br2NO2S/c1-7-4-9(17-10(7)13)11(15)14(2)5-8(12)6-16-3/h4,8H,5-6H2,1-3H3. The van der Waals surface area contributed by atoms with Gasteiger partial charge < -0.3 is 9.64 Å². The van der Waals surface area contributed by atoms with E-state index in [1.165, 1.54) is 11.3 Å². The normalized spacial score (nSPS) is 12.5. The number of rotatable bonds is 5. The van der Waals surface area contributed by atoms with Crippen LogP contribution in [0.2, 0.25) is 0 Å². The Balaban J connectivity index is 2.63. The molecule has 96 valence electrons. The molecule has 3 nitrogen and oxygen atoms in total. The molecule has 0 aliphatic heterocycles. The summed E-state index contributed by atoms with van der Waals surface area (Å²) >= 11 is 8.37. The average Bonchev–Trinajstić information content (AvgIpc) is 2.58. The summed E-state index contributed by atoms with van der Waals surface area (Å²) in [5.41, 5.74) is 1.10. The van der Waals surface area contributed by atoms with Gasteiger partial charge in [0.25, 0.3) is 5.91 Å². The maximum atomic E-state index is 12.1. The molecule has 1 aromatic heterocycles.